The van der Waals surface area contributed by atoms with Gasteiger partial charge in [0.2, 0.25) is 11.8 Å². The average molecular weight is 694 g/mol. The topological polar surface area (TPSA) is 149 Å². The van der Waals surface area contributed by atoms with Crippen molar-refractivity contribution in [1.29, 1.82) is 0 Å². The van der Waals surface area contributed by atoms with Gasteiger partial charge in [-0.3, -0.25) is 29.0 Å². The molecule has 2 saturated heterocycles. The van der Waals surface area contributed by atoms with E-state index in [-0.39, 0.29) is 29.8 Å². The van der Waals surface area contributed by atoms with Crippen LogP contribution in [0.5, 0.6) is 17.4 Å². The third-order valence-corrected chi connectivity index (χ3v) is 9.58. The Morgan fingerprint density at radius 3 is 2.58 bits per heavy atom. The van der Waals surface area contributed by atoms with E-state index >= 15 is 8.78 Å². The number of anilines is 1. The van der Waals surface area contributed by atoms with Crippen LogP contribution in [0.4, 0.5) is 18.9 Å². The number of carbonyl (C=O) groups is 1. The summed E-state index contributed by atoms with van der Waals surface area (Å²) >= 11 is 0. The van der Waals surface area contributed by atoms with Crippen LogP contribution in [-0.2, 0) is 17.9 Å². The van der Waals surface area contributed by atoms with Gasteiger partial charge in [0.1, 0.15) is 17.7 Å². The van der Waals surface area contributed by atoms with Gasteiger partial charge in [0.05, 0.1) is 31.6 Å². The van der Waals surface area contributed by atoms with Crippen molar-refractivity contribution in [1.82, 2.24) is 29.3 Å². The Kier molecular flexibility index (Phi) is 9.80. The SMILES string of the molecule is COc1cc(Oc2ncn(C[C@@]3(O)CCN(C(=O)[C@@H]4CCN(Cc5nccnc5C)C[C@H]4c4ccccc4)CC3(F)F)c(=O)c2N)ccc1F. The van der Waals surface area contributed by atoms with E-state index in [0.717, 1.165) is 38.8 Å². The van der Waals surface area contributed by atoms with Gasteiger partial charge in [0.25, 0.3) is 11.5 Å². The zero-order valence-corrected chi connectivity index (χ0v) is 27.6. The van der Waals surface area contributed by atoms with Crippen LogP contribution in [0.1, 0.15) is 35.7 Å². The molecule has 2 aromatic heterocycles. The molecule has 1 amide bonds. The Labute approximate surface area is 286 Å². The van der Waals surface area contributed by atoms with Crippen LogP contribution in [0.3, 0.4) is 0 Å². The van der Waals surface area contributed by atoms with Crippen LogP contribution in [0, 0.1) is 18.7 Å². The lowest BCUT2D eigenvalue weighted by Gasteiger charge is -2.46. The number of piperidine rings is 2. The number of aliphatic hydroxyl groups is 1. The summed E-state index contributed by atoms with van der Waals surface area (Å²) in [6.07, 6.45) is 4.18. The number of aryl methyl sites for hydroxylation is 1. The van der Waals surface area contributed by atoms with E-state index in [4.69, 9.17) is 15.2 Å². The fourth-order valence-corrected chi connectivity index (χ4v) is 6.67. The molecular weight excluding hydrogens is 655 g/mol. The Bertz CT molecular complexity index is 1910. The minimum absolute atomic E-state index is 0.0718. The predicted octanol–water partition coefficient (Wildman–Crippen LogP) is 3.77. The largest absolute Gasteiger partial charge is 0.494 e. The summed E-state index contributed by atoms with van der Waals surface area (Å²) in [5, 5.41) is 11.3. The number of amides is 1. The minimum Gasteiger partial charge on any atom is -0.494 e. The van der Waals surface area contributed by atoms with Crippen LogP contribution in [0.25, 0.3) is 0 Å². The van der Waals surface area contributed by atoms with Gasteiger partial charge in [-0.2, -0.15) is 0 Å². The fraction of sp³-hybridized carbons (Fsp3) is 0.400. The number of nitrogens with zero attached hydrogens (tertiary/aromatic N) is 6. The summed E-state index contributed by atoms with van der Waals surface area (Å²) in [4.78, 5) is 43.2. The van der Waals surface area contributed by atoms with Gasteiger partial charge in [-0.05, 0) is 37.6 Å². The molecule has 0 unspecified atom stereocenters. The lowest BCUT2D eigenvalue weighted by Crippen LogP contribution is -2.64. The van der Waals surface area contributed by atoms with Gasteiger partial charge < -0.3 is 25.2 Å². The van der Waals surface area contributed by atoms with E-state index in [1.807, 2.05) is 37.3 Å². The van der Waals surface area contributed by atoms with Gasteiger partial charge in [0, 0.05) is 56.4 Å². The van der Waals surface area contributed by atoms with Gasteiger partial charge in [-0.25, -0.2) is 18.2 Å². The van der Waals surface area contributed by atoms with Gasteiger partial charge in [-0.15, -0.1) is 0 Å². The summed E-state index contributed by atoms with van der Waals surface area (Å²) in [5.74, 6) is -6.00. The molecule has 50 heavy (non-hydrogen) atoms. The van der Waals surface area contributed by atoms with Crippen molar-refractivity contribution in [3.63, 3.8) is 0 Å². The van der Waals surface area contributed by atoms with Crippen molar-refractivity contribution < 1.29 is 32.5 Å². The van der Waals surface area contributed by atoms with Crippen LogP contribution in [0.2, 0.25) is 0 Å². The Hall–Kier alpha value is -5.02. The highest BCUT2D eigenvalue weighted by atomic mass is 19.3. The second kappa shape index (κ2) is 14.1. The van der Waals surface area contributed by atoms with E-state index in [1.54, 1.807) is 12.4 Å². The molecule has 0 aliphatic carbocycles. The second-order valence-electron chi connectivity index (χ2n) is 12.8. The fourth-order valence-electron chi connectivity index (χ4n) is 6.67. The first-order valence-corrected chi connectivity index (χ1v) is 16.2. The first-order chi connectivity index (χ1) is 23.9. The van der Waals surface area contributed by atoms with Crippen LogP contribution >= 0.6 is 0 Å². The number of benzene rings is 2. The number of halogens is 3. The summed E-state index contributed by atoms with van der Waals surface area (Å²) in [7, 11) is 1.27. The number of hydrogen-bond acceptors (Lipinski definition) is 10. The number of aromatic nitrogens is 4. The van der Waals surface area contributed by atoms with Gasteiger partial charge in [-0.1, -0.05) is 30.3 Å². The molecule has 12 nitrogen and oxygen atoms in total. The number of ether oxygens (including phenoxy) is 2. The van der Waals surface area contributed by atoms with Crippen LogP contribution in [0.15, 0.2) is 72.0 Å². The van der Waals surface area contributed by atoms with Crippen LogP contribution in [-0.4, -0.2) is 85.1 Å². The van der Waals surface area contributed by atoms with Gasteiger partial charge >= 0.3 is 0 Å². The number of hydrogen-bond donors (Lipinski definition) is 2. The first-order valence-electron chi connectivity index (χ1n) is 16.2. The second-order valence-corrected chi connectivity index (χ2v) is 12.8. The van der Waals surface area contributed by atoms with Gasteiger partial charge in [0.15, 0.2) is 17.3 Å². The number of nitrogens with two attached hydrogens (primary N) is 1. The third kappa shape index (κ3) is 7.01. The van der Waals surface area contributed by atoms with Crippen molar-refractivity contribution in [2.45, 2.75) is 50.3 Å². The first kappa shape index (κ1) is 34.8. The highest BCUT2D eigenvalue weighted by molar-refractivity contribution is 5.80. The standard InChI is InChI=1S/C35H38F3N7O5/c1-22-28(41-13-12-40-22)18-43-14-10-25(26(17-43)23-6-4-3-5-7-23)32(46)44-15-11-34(48,35(37,38)20-44)19-45-21-42-31(30(39)33(45)47)50-24-8-9-27(36)29(16-24)49-2/h3-9,12-13,16,21,25-26,48H,10-11,14-15,17-20,39H2,1-2H3/t25-,26+,34+/m1/s1. The van der Waals surface area contributed by atoms with Crippen molar-refractivity contribution in [2.24, 2.45) is 5.92 Å². The molecule has 15 heteroatoms. The number of rotatable bonds is 9. The maximum Gasteiger partial charge on any atom is 0.295 e. The summed E-state index contributed by atoms with van der Waals surface area (Å²) < 4.78 is 56.8. The Morgan fingerprint density at radius 1 is 1.10 bits per heavy atom. The lowest BCUT2D eigenvalue weighted by molar-refractivity contribution is -0.223. The minimum atomic E-state index is -3.78. The zero-order chi connectivity index (χ0) is 35.6. The number of methoxy groups -OCH3 is 1. The molecule has 6 rings (SSSR count). The molecular formula is C35H38F3N7O5. The molecule has 2 aromatic carbocycles. The molecule has 264 valence electrons. The highest BCUT2D eigenvalue weighted by Gasteiger charge is 2.57. The molecule has 3 N–H and O–H groups in total. The summed E-state index contributed by atoms with van der Waals surface area (Å²) in [5.41, 5.74) is 4.46. The van der Waals surface area contributed by atoms with Crippen molar-refractivity contribution >= 4 is 11.6 Å². The zero-order valence-electron chi connectivity index (χ0n) is 27.6. The van der Waals surface area contributed by atoms with E-state index in [1.165, 1.54) is 19.2 Å². The number of alkyl halides is 2. The van der Waals surface area contributed by atoms with Crippen LogP contribution < -0.4 is 20.8 Å². The van der Waals surface area contributed by atoms with Crippen molar-refractivity contribution in [3.8, 4) is 17.4 Å². The molecule has 0 bridgehead atoms. The summed E-state index contributed by atoms with van der Waals surface area (Å²) in [6.45, 7) is 1.54. The van der Waals surface area contributed by atoms with E-state index in [9.17, 15) is 19.1 Å². The summed E-state index contributed by atoms with van der Waals surface area (Å²) in [6, 6.07) is 13.1. The van der Waals surface area contributed by atoms with E-state index < -0.39 is 59.9 Å². The molecule has 4 aromatic rings. The van der Waals surface area contributed by atoms with Crippen molar-refractivity contribution in [3.05, 3.63) is 100 Å². The molecule has 4 heterocycles. The smallest absolute Gasteiger partial charge is 0.295 e. The van der Waals surface area contributed by atoms with Crippen molar-refractivity contribution in [2.75, 3.05) is 39.0 Å². The molecule has 3 atom stereocenters. The Morgan fingerprint density at radius 2 is 1.86 bits per heavy atom. The average Bonchev–Trinajstić information content (AvgIpc) is 3.11. The highest BCUT2D eigenvalue weighted by Crippen LogP contribution is 2.41. The third-order valence-electron chi connectivity index (χ3n) is 9.58. The molecule has 0 saturated carbocycles. The predicted molar refractivity (Wildman–Crippen MR) is 176 cm³/mol. The quantitative estimate of drug-likeness (QED) is 0.266. The molecule has 0 radical (unpaired) electrons. The molecule has 2 aliphatic rings. The monoisotopic (exact) mass is 693 g/mol. The maximum absolute atomic E-state index is 15.9. The maximum atomic E-state index is 15.9. The number of nitrogen functional groups attached to an aromatic ring is 1. The number of carbonyl (C=O) groups excluding carboxylic acids is 1. The normalized spacial score (nSPS) is 22.2. The van der Waals surface area contributed by atoms with E-state index in [2.05, 4.69) is 19.9 Å². The van der Waals surface area contributed by atoms with E-state index in [0.29, 0.717) is 26.1 Å². The lowest BCUT2D eigenvalue weighted by atomic mass is 9.78. The molecule has 0 spiro atoms. The molecule has 2 fully saturated rings. The molecule has 2 aliphatic heterocycles. The number of likely N-dealkylation sites (tertiary alicyclic amines) is 2. The Balaban J connectivity index is 1.16.